The summed E-state index contributed by atoms with van der Waals surface area (Å²) in [5.41, 5.74) is -0.0524. The molecule has 12 heavy (non-hydrogen) atoms. The van der Waals surface area contributed by atoms with E-state index in [1.165, 1.54) is 15.5 Å². The van der Waals surface area contributed by atoms with Gasteiger partial charge in [-0.25, -0.2) is 3.96 Å². The molecule has 0 bridgehead atoms. The molecule has 1 heterocycles. The highest BCUT2D eigenvalue weighted by atomic mass is 32.1. The van der Waals surface area contributed by atoms with Crippen molar-refractivity contribution in [2.45, 2.75) is 13.8 Å². The maximum atomic E-state index is 11.2. The molecule has 0 aliphatic rings. The highest BCUT2D eigenvalue weighted by molar-refractivity contribution is 7.80. The summed E-state index contributed by atoms with van der Waals surface area (Å²) >= 11 is 6.35. The van der Waals surface area contributed by atoms with Gasteiger partial charge in [-0.1, -0.05) is 11.5 Å². The monoisotopic (exact) mass is 202 g/mol. The Kier molecular flexibility index (Phi) is 2.99. The SMILES string of the molecule is CCNC(=S)n1sc(C)cc1=O. The van der Waals surface area contributed by atoms with Crippen molar-refractivity contribution in [3.05, 3.63) is 21.3 Å². The van der Waals surface area contributed by atoms with Gasteiger partial charge >= 0.3 is 0 Å². The second-order valence-electron chi connectivity index (χ2n) is 2.31. The third-order valence-electron chi connectivity index (χ3n) is 1.27. The van der Waals surface area contributed by atoms with E-state index in [0.29, 0.717) is 5.11 Å². The Morgan fingerprint density at radius 1 is 1.83 bits per heavy atom. The first kappa shape index (κ1) is 9.41. The number of hydrogen-bond acceptors (Lipinski definition) is 3. The van der Waals surface area contributed by atoms with E-state index in [9.17, 15) is 4.79 Å². The highest BCUT2D eigenvalue weighted by Crippen LogP contribution is 2.01. The van der Waals surface area contributed by atoms with Crippen molar-refractivity contribution in [2.24, 2.45) is 0 Å². The second kappa shape index (κ2) is 3.82. The van der Waals surface area contributed by atoms with Crippen LogP contribution >= 0.6 is 23.8 Å². The molecule has 0 aliphatic heterocycles. The Morgan fingerprint density at radius 3 is 2.92 bits per heavy atom. The van der Waals surface area contributed by atoms with Gasteiger partial charge in [-0.05, 0) is 26.1 Å². The summed E-state index contributed by atoms with van der Waals surface area (Å²) < 4.78 is 1.48. The Labute approximate surface area is 80.2 Å². The molecule has 1 aromatic rings. The summed E-state index contributed by atoms with van der Waals surface area (Å²) in [6, 6.07) is 1.58. The number of aryl methyl sites for hydroxylation is 1. The van der Waals surface area contributed by atoms with Crippen LogP contribution in [0, 0.1) is 6.92 Å². The second-order valence-corrected chi connectivity index (χ2v) is 3.89. The molecule has 0 radical (unpaired) electrons. The number of hydrogen-bond donors (Lipinski definition) is 1. The molecule has 0 unspecified atom stereocenters. The Morgan fingerprint density at radius 2 is 2.50 bits per heavy atom. The minimum atomic E-state index is -0.0524. The van der Waals surface area contributed by atoms with Crippen molar-refractivity contribution in [1.29, 1.82) is 0 Å². The van der Waals surface area contributed by atoms with Crippen LogP contribution in [0.5, 0.6) is 0 Å². The van der Waals surface area contributed by atoms with Crippen LogP contribution in [0.3, 0.4) is 0 Å². The molecule has 1 aromatic heterocycles. The molecule has 66 valence electrons. The molecular formula is C7H10N2OS2. The zero-order valence-corrected chi connectivity index (χ0v) is 8.59. The fraction of sp³-hybridized carbons (Fsp3) is 0.429. The van der Waals surface area contributed by atoms with Crippen molar-refractivity contribution < 1.29 is 0 Å². The topological polar surface area (TPSA) is 34.0 Å². The van der Waals surface area contributed by atoms with Crippen molar-refractivity contribution >= 4 is 28.9 Å². The molecule has 1 N–H and O–H groups in total. The molecule has 0 spiro atoms. The maximum Gasteiger partial charge on any atom is 0.267 e. The van der Waals surface area contributed by atoms with Gasteiger partial charge in [-0.3, -0.25) is 4.79 Å². The summed E-state index contributed by atoms with van der Waals surface area (Å²) in [6.07, 6.45) is 0. The number of aromatic nitrogens is 1. The Hall–Kier alpha value is -0.680. The summed E-state index contributed by atoms with van der Waals surface area (Å²) in [5.74, 6) is 0. The number of thiocarbonyl (C=S) groups is 1. The predicted molar refractivity (Wildman–Crippen MR) is 55.0 cm³/mol. The van der Waals surface area contributed by atoms with Crippen LogP contribution in [-0.4, -0.2) is 15.6 Å². The van der Waals surface area contributed by atoms with Crippen LogP contribution in [0.4, 0.5) is 0 Å². The lowest BCUT2D eigenvalue weighted by Crippen LogP contribution is -2.32. The van der Waals surface area contributed by atoms with Crippen molar-refractivity contribution in [3.63, 3.8) is 0 Å². The third-order valence-corrected chi connectivity index (χ3v) is 2.67. The molecule has 0 atom stereocenters. The van der Waals surface area contributed by atoms with Gasteiger partial charge in [0.15, 0.2) is 5.11 Å². The fourth-order valence-corrected chi connectivity index (χ4v) is 1.89. The molecule has 0 aromatic carbocycles. The first-order valence-electron chi connectivity index (χ1n) is 3.63. The standard InChI is InChI=1S/C7H10N2OS2/c1-3-8-7(11)9-6(10)4-5(2)12-9/h4H,3H2,1-2H3,(H,8,11). The van der Waals surface area contributed by atoms with Crippen LogP contribution in [0.15, 0.2) is 10.9 Å². The lowest BCUT2D eigenvalue weighted by molar-refractivity contribution is 0.943. The van der Waals surface area contributed by atoms with Gasteiger partial charge in [-0.2, -0.15) is 0 Å². The van der Waals surface area contributed by atoms with Crippen molar-refractivity contribution in [2.75, 3.05) is 6.54 Å². The van der Waals surface area contributed by atoms with Crippen molar-refractivity contribution in [3.8, 4) is 0 Å². The first-order valence-corrected chi connectivity index (χ1v) is 4.81. The first-order chi connectivity index (χ1) is 5.65. The fourth-order valence-electron chi connectivity index (χ4n) is 0.812. The average molecular weight is 202 g/mol. The highest BCUT2D eigenvalue weighted by Gasteiger charge is 2.03. The van der Waals surface area contributed by atoms with Crippen LogP contribution in [0.25, 0.3) is 0 Å². The molecule has 1 rings (SSSR count). The van der Waals surface area contributed by atoms with E-state index >= 15 is 0 Å². The minimum absolute atomic E-state index is 0.0524. The van der Waals surface area contributed by atoms with Crippen LogP contribution in [0.2, 0.25) is 0 Å². The average Bonchev–Trinajstić information content (AvgIpc) is 2.30. The molecule has 0 fully saturated rings. The summed E-state index contributed by atoms with van der Waals surface area (Å²) in [4.78, 5) is 12.2. The van der Waals surface area contributed by atoms with E-state index in [-0.39, 0.29) is 5.56 Å². The van der Waals surface area contributed by atoms with Crippen molar-refractivity contribution in [1.82, 2.24) is 9.27 Å². The van der Waals surface area contributed by atoms with E-state index in [1.807, 2.05) is 13.8 Å². The van der Waals surface area contributed by atoms with Gasteiger partial charge in [0.2, 0.25) is 0 Å². The zero-order valence-electron chi connectivity index (χ0n) is 6.96. The molecule has 0 aliphatic carbocycles. The van der Waals surface area contributed by atoms with Crippen LogP contribution < -0.4 is 10.9 Å². The third kappa shape index (κ3) is 1.92. The predicted octanol–water partition coefficient (Wildman–Crippen LogP) is 0.961. The summed E-state index contributed by atoms with van der Waals surface area (Å²) in [5, 5.41) is 3.41. The lowest BCUT2D eigenvalue weighted by Gasteiger charge is -2.02. The lowest BCUT2D eigenvalue weighted by atomic mass is 10.5. The number of nitrogens with zero attached hydrogens (tertiary/aromatic N) is 1. The Bertz CT molecular complexity index is 339. The quantitative estimate of drug-likeness (QED) is 0.689. The van der Waals surface area contributed by atoms with E-state index in [1.54, 1.807) is 6.07 Å². The smallest absolute Gasteiger partial charge is 0.267 e. The molecule has 5 heteroatoms. The molecule has 0 saturated carbocycles. The van der Waals surface area contributed by atoms with E-state index in [2.05, 4.69) is 5.32 Å². The van der Waals surface area contributed by atoms with E-state index < -0.39 is 0 Å². The van der Waals surface area contributed by atoms with Gasteiger partial charge in [0.1, 0.15) is 0 Å². The largest absolute Gasteiger partial charge is 0.362 e. The van der Waals surface area contributed by atoms with Gasteiger partial charge < -0.3 is 5.32 Å². The summed E-state index contributed by atoms with van der Waals surface area (Å²) in [7, 11) is 0. The van der Waals surface area contributed by atoms with E-state index in [4.69, 9.17) is 12.2 Å². The molecule has 0 saturated heterocycles. The van der Waals surface area contributed by atoms with Gasteiger partial charge in [0.25, 0.3) is 5.56 Å². The van der Waals surface area contributed by atoms with Crippen LogP contribution in [-0.2, 0) is 0 Å². The Balaban J connectivity index is 2.95. The van der Waals surface area contributed by atoms with E-state index in [0.717, 1.165) is 11.4 Å². The normalized spacial score (nSPS) is 9.83. The van der Waals surface area contributed by atoms with Gasteiger partial charge in [-0.15, -0.1) is 0 Å². The molecular weight excluding hydrogens is 192 g/mol. The maximum absolute atomic E-state index is 11.2. The zero-order chi connectivity index (χ0) is 9.14. The van der Waals surface area contributed by atoms with Gasteiger partial charge in [0.05, 0.1) is 0 Å². The number of rotatable bonds is 1. The minimum Gasteiger partial charge on any atom is -0.362 e. The van der Waals surface area contributed by atoms with Gasteiger partial charge in [0, 0.05) is 17.5 Å². The number of nitrogens with one attached hydrogen (secondary N) is 1. The van der Waals surface area contributed by atoms with Crippen LogP contribution in [0.1, 0.15) is 11.8 Å². The molecule has 0 amide bonds. The summed E-state index contributed by atoms with van der Waals surface area (Å²) in [6.45, 7) is 4.57. The molecule has 3 nitrogen and oxygen atoms in total.